The normalized spacial score (nSPS) is 11.3. The fourth-order valence-corrected chi connectivity index (χ4v) is 5.68. The molecule has 4 aromatic rings. The molecule has 0 bridgehead atoms. The molecule has 0 aliphatic heterocycles. The standard InChI is InChI=1S/C28H18Br3N3O4S/c29-19-13-18(25(23(31)14-19)38-28(37)21-10-4-5-11-22(21)30)16-32-34-27(36)24(15-20-9-6-12-39-20)33-26(35)17-7-2-1-3-8-17/h1-16H,(H,33,35)(H,34,36). The van der Waals surface area contributed by atoms with Gasteiger partial charge in [-0.3, -0.25) is 9.59 Å². The van der Waals surface area contributed by atoms with Gasteiger partial charge in [0.05, 0.1) is 16.3 Å². The highest BCUT2D eigenvalue weighted by molar-refractivity contribution is 9.11. The van der Waals surface area contributed by atoms with E-state index in [0.29, 0.717) is 30.1 Å². The average molecular weight is 732 g/mol. The van der Waals surface area contributed by atoms with Crippen molar-refractivity contribution in [3.63, 3.8) is 0 Å². The lowest BCUT2D eigenvalue weighted by Gasteiger charge is -2.11. The number of hydrogen-bond acceptors (Lipinski definition) is 6. The molecule has 0 fully saturated rings. The van der Waals surface area contributed by atoms with Crippen molar-refractivity contribution in [3.05, 3.63) is 125 Å². The number of amides is 2. The molecule has 1 aromatic heterocycles. The van der Waals surface area contributed by atoms with Crippen LogP contribution in [0.1, 0.15) is 31.2 Å². The van der Waals surface area contributed by atoms with Gasteiger partial charge in [0, 0.05) is 24.9 Å². The molecule has 7 nitrogen and oxygen atoms in total. The Bertz CT molecular complexity index is 1570. The van der Waals surface area contributed by atoms with Crippen LogP contribution in [-0.4, -0.2) is 24.0 Å². The van der Waals surface area contributed by atoms with Gasteiger partial charge in [-0.15, -0.1) is 11.3 Å². The smallest absolute Gasteiger partial charge is 0.344 e. The Labute approximate surface area is 253 Å². The number of nitrogens with zero attached hydrogens (tertiary/aromatic N) is 1. The zero-order valence-corrected chi connectivity index (χ0v) is 25.4. The first-order chi connectivity index (χ1) is 18.8. The molecule has 4 rings (SSSR count). The van der Waals surface area contributed by atoms with E-state index in [4.69, 9.17) is 4.74 Å². The summed E-state index contributed by atoms with van der Waals surface area (Å²) >= 11 is 11.6. The van der Waals surface area contributed by atoms with Gasteiger partial charge in [-0.05, 0) is 85.8 Å². The molecule has 0 radical (unpaired) electrons. The second-order valence-corrected chi connectivity index (χ2v) is 11.4. The molecule has 11 heteroatoms. The van der Waals surface area contributed by atoms with E-state index < -0.39 is 17.8 Å². The van der Waals surface area contributed by atoms with Crippen molar-refractivity contribution in [2.45, 2.75) is 0 Å². The number of benzene rings is 3. The Morgan fingerprint density at radius 1 is 0.872 bits per heavy atom. The van der Waals surface area contributed by atoms with E-state index in [1.54, 1.807) is 72.8 Å². The molecular weight excluding hydrogens is 714 g/mol. The maximum Gasteiger partial charge on any atom is 0.344 e. The van der Waals surface area contributed by atoms with Gasteiger partial charge in [0.15, 0.2) is 5.75 Å². The van der Waals surface area contributed by atoms with E-state index in [1.165, 1.54) is 17.6 Å². The highest BCUT2D eigenvalue weighted by Crippen LogP contribution is 2.33. The molecule has 2 amide bonds. The van der Waals surface area contributed by atoms with Crippen LogP contribution in [0.25, 0.3) is 6.08 Å². The number of nitrogens with one attached hydrogen (secondary N) is 2. The van der Waals surface area contributed by atoms with E-state index >= 15 is 0 Å². The van der Waals surface area contributed by atoms with Gasteiger partial charge in [-0.1, -0.05) is 52.3 Å². The van der Waals surface area contributed by atoms with Gasteiger partial charge >= 0.3 is 5.97 Å². The van der Waals surface area contributed by atoms with Crippen LogP contribution in [-0.2, 0) is 4.79 Å². The first-order valence-electron chi connectivity index (χ1n) is 11.2. The van der Waals surface area contributed by atoms with Crippen LogP contribution in [0.3, 0.4) is 0 Å². The Kier molecular flexibility index (Phi) is 9.99. The Morgan fingerprint density at radius 2 is 1.62 bits per heavy atom. The molecule has 39 heavy (non-hydrogen) atoms. The van der Waals surface area contributed by atoms with Crippen molar-refractivity contribution in [1.82, 2.24) is 10.7 Å². The minimum Gasteiger partial charge on any atom is -0.421 e. The minimum atomic E-state index is -0.634. The molecule has 0 spiro atoms. The molecule has 0 atom stereocenters. The van der Waals surface area contributed by atoms with Crippen molar-refractivity contribution < 1.29 is 19.1 Å². The summed E-state index contributed by atoms with van der Waals surface area (Å²) in [4.78, 5) is 39.3. The predicted molar refractivity (Wildman–Crippen MR) is 163 cm³/mol. The number of esters is 1. The first kappa shape index (κ1) is 28.6. The van der Waals surface area contributed by atoms with Crippen LogP contribution in [0.5, 0.6) is 5.75 Å². The number of halogens is 3. The fourth-order valence-electron chi connectivity index (χ4n) is 3.24. The first-order valence-corrected chi connectivity index (χ1v) is 14.5. The van der Waals surface area contributed by atoms with E-state index in [2.05, 4.69) is 63.6 Å². The van der Waals surface area contributed by atoms with Gasteiger partial charge in [-0.25, -0.2) is 10.2 Å². The molecule has 2 N–H and O–H groups in total. The van der Waals surface area contributed by atoms with Crippen molar-refractivity contribution in [2.75, 3.05) is 0 Å². The lowest BCUT2D eigenvalue weighted by Crippen LogP contribution is -2.32. The lowest BCUT2D eigenvalue weighted by molar-refractivity contribution is -0.117. The summed E-state index contributed by atoms with van der Waals surface area (Å²) in [6.07, 6.45) is 2.91. The zero-order valence-electron chi connectivity index (χ0n) is 19.9. The molecule has 0 aliphatic rings. The van der Waals surface area contributed by atoms with Crippen molar-refractivity contribution in [1.29, 1.82) is 0 Å². The Morgan fingerprint density at radius 3 is 2.33 bits per heavy atom. The number of thiophene rings is 1. The van der Waals surface area contributed by atoms with Crippen LogP contribution in [0.4, 0.5) is 0 Å². The molecule has 0 aliphatic carbocycles. The second kappa shape index (κ2) is 13.6. The Balaban J connectivity index is 1.55. The van der Waals surface area contributed by atoms with Crippen LogP contribution < -0.4 is 15.5 Å². The largest absolute Gasteiger partial charge is 0.421 e. The number of carbonyl (C=O) groups excluding carboxylic acids is 3. The van der Waals surface area contributed by atoms with Gasteiger partial charge in [0.1, 0.15) is 5.70 Å². The van der Waals surface area contributed by atoms with E-state index in [0.717, 1.165) is 4.88 Å². The van der Waals surface area contributed by atoms with E-state index in [-0.39, 0.29) is 11.4 Å². The number of ether oxygens (including phenoxy) is 1. The van der Waals surface area contributed by atoms with Crippen LogP contribution in [0.2, 0.25) is 0 Å². The van der Waals surface area contributed by atoms with Crippen molar-refractivity contribution in [3.8, 4) is 5.75 Å². The third-order valence-electron chi connectivity index (χ3n) is 5.05. The summed E-state index contributed by atoms with van der Waals surface area (Å²) in [6, 6.07) is 22.5. The van der Waals surface area contributed by atoms with Crippen LogP contribution >= 0.6 is 59.1 Å². The SMILES string of the molecule is O=C(NN=Cc1cc(Br)cc(Br)c1OC(=O)c1ccccc1Br)C(=Cc1cccs1)NC(=O)c1ccccc1. The summed E-state index contributed by atoms with van der Waals surface area (Å²) in [5, 5.41) is 8.57. The van der Waals surface area contributed by atoms with Crippen molar-refractivity contribution in [2.24, 2.45) is 5.10 Å². The summed E-state index contributed by atoms with van der Waals surface area (Å²) in [7, 11) is 0. The molecule has 1 heterocycles. The third-order valence-corrected chi connectivity index (χ3v) is 7.61. The van der Waals surface area contributed by atoms with Gasteiger partial charge in [-0.2, -0.15) is 5.10 Å². The molecule has 3 aromatic carbocycles. The van der Waals surface area contributed by atoms with E-state index in [9.17, 15) is 14.4 Å². The summed E-state index contributed by atoms with van der Waals surface area (Å²) in [5.41, 5.74) is 3.61. The van der Waals surface area contributed by atoms with Gasteiger partial charge < -0.3 is 10.1 Å². The monoisotopic (exact) mass is 729 g/mol. The van der Waals surface area contributed by atoms with Gasteiger partial charge in [0.25, 0.3) is 11.8 Å². The third kappa shape index (κ3) is 7.82. The predicted octanol–water partition coefficient (Wildman–Crippen LogP) is 7.18. The number of hydrazone groups is 1. The maximum atomic E-state index is 13.0. The minimum absolute atomic E-state index is 0.0134. The summed E-state index contributed by atoms with van der Waals surface area (Å²) in [6.45, 7) is 0. The lowest BCUT2D eigenvalue weighted by atomic mass is 10.2. The molecule has 0 saturated heterocycles. The average Bonchev–Trinajstić information content (AvgIpc) is 3.44. The van der Waals surface area contributed by atoms with Crippen molar-refractivity contribution >= 4 is 89.2 Å². The molecule has 196 valence electrons. The second-order valence-electron chi connectivity index (χ2n) is 7.77. The summed E-state index contributed by atoms with van der Waals surface area (Å²) in [5.74, 6) is -1.43. The maximum absolute atomic E-state index is 13.0. The van der Waals surface area contributed by atoms with Gasteiger partial charge in [0.2, 0.25) is 0 Å². The van der Waals surface area contributed by atoms with Crippen LogP contribution in [0, 0.1) is 0 Å². The molecule has 0 saturated carbocycles. The number of rotatable bonds is 8. The quantitative estimate of drug-likeness (QED) is 0.0660. The topological polar surface area (TPSA) is 96.9 Å². The number of carbonyl (C=O) groups is 3. The highest BCUT2D eigenvalue weighted by Gasteiger charge is 2.18. The molecular formula is C28H18Br3N3O4S. The number of hydrogen-bond donors (Lipinski definition) is 2. The fraction of sp³-hybridized carbons (Fsp3) is 0. The summed E-state index contributed by atoms with van der Waals surface area (Å²) < 4.78 is 7.45. The van der Waals surface area contributed by atoms with E-state index in [1.807, 2.05) is 17.5 Å². The zero-order chi connectivity index (χ0) is 27.8. The molecule has 0 unspecified atom stereocenters. The van der Waals surface area contributed by atoms with Crippen LogP contribution in [0.15, 0.2) is 108 Å². The highest BCUT2D eigenvalue weighted by atomic mass is 79.9. The Hall–Kier alpha value is -3.38.